The van der Waals surface area contributed by atoms with E-state index in [1.165, 1.54) is 11.3 Å². The maximum absolute atomic E-state index is 12.0. The molecule has 0 unspecified atom stereocenters. The molecule has 0 atom stereocenters. The lowest BCUT2D eigenvalue weighted by molar-refractivity contribution is -0.139. The fourth-order valence-electron chi connectivity index (χ4n) is 2.80. The van der Waals surface area contributed by atoms with Gasteiger partial charge in [0.1, 0.15) is 0 Å². The Hall–Kier alpha value is -2.08. The number of carbonyl (C=O) groups is 2. The minimum atomic E-state index is -0.917. The van der Waals surface area contributed by atoms with Crippen LogP contribution in [0.2, 0.25) is 0 Å². The van der Waals surface area contributed by atoms with Crippen molar-refractivity contribution in [2.24, 2.45) is 0 Å². The van der Waals surface area contributed by atoms with Crippen molar-refractivity contribution in [2.75, 3.05) is 37.6 Å². The van der Waals surface area contributed by atoms with E-state index in [4.69, 9.17) is 5.11 Å². The molecule has 6 heteroatoms. The Balaban J connectivity index is 1.76. The van der Waals surface area contributed by atoms with Crippen LogP contribution in [0.15, 0.2) is 24.3 Å². The van der Waals surface area contributed by atoms with E-state index in [9.17, 15) is 9.59 Å². The van der Waals surface area contributed by atoms with Gasteiger partial charge in [-0.2, -0.15) is 0 Å². The van der Waals surface area contributed by atoms with Gasteiger partial charge in [-0.25, -0.2) is 0 Å². The van der Waals surface area contributed by atoms with Crippen LogP contribution in [0.4, 0.5) is 5.69 Å². The molecule has 0 saturated carbocycles. The number of carbonyl (C=O) groups excluding carboxylic acids is 1. The quantitative estimate of drug-likeness (QED) is 0.747. The number of nitrogens with one attached hydrogen (secondary N) is 1. The number of hydrogen-bond acceptors (Lipinski definition) is 4. The molecule has 0 saturated heterocycles. The molecule has 2 rings (SSSR count). The number of rotatable bonds is 8. The van der Waals surface area contributed by atoms with E-state index < -0.39 is 5.97 Å². The molecule has 0 aromatic heterocycles. The summed E-state index contributed by atoms with van der Waals surface area (Å²) < 4.78 is 0. The van der Waals surface area contributed by atoms with E-state index in [1.807, 2.05) is 26.0 Å². The smallest absolute Gasteiger partial charge is 0.317 e. The number of amides is 1. The van der Waals surface area contributed by atoms with Gasteiger partial charge in [0.2, 0.25) is 5.91 Å². The van der Waals surface area contributed by atoms with Crippen LogP contribution in [0.1, 0.15) is 19.4 Å². The molecule has 0 aliphatic carbocycles. The van der Waals surface area contributed by atoms with Gasteiger partial charge < -0.3 is 15.3 Å². The predicted molar refractivity (Wildman–Crippen MR) is 89.7 cm³/mol. The molecule has 23 heavy (non-hydrogen) atoms. The lowest BCUT2D eigenvalue weighted by atomic mass is 10.2. The summed E-state index contributed by atoms with van der Waals surface area (Å²) in [4.78, 5) is 26.7. The first-order valence-corrected chi connectivity index (χ1v) is 8.02. The molecule has 1 aliphatic rings. The highest BCUT2D eigenvalue weighted by Gasteiger charge is 2.19. The number of aliphatic carboxylic acids is 1. The highest BCUT2D eigenvalue weighted by molar-refractivity contribution is 5.79. The van der Waals surface area contributed by atoms with E-state index in [0.717, 1.165) is 19.5 Å². The summed E-state index contributed by atoms with van der Waals surface area (Å²) in [6.07, 6.45) is 1.05. The molecule has 0 bridgehead atoms. The molecule has 126 valence electrons. The summed E-state index contributed by atoms with van der Waals surface area (Å²) in [5, 5.41) is 11.8. The van der Waals surface area contributed by atoms with Crippen molar-refractivity contribution in [3.8, 4) is 0 Å². The highest BCUT2D eigenvalue weighted by atomic mass is 16.4. The van der Waals surface area contributed by atoms with Crippen LogP contribution in [0.25, 0.3) is 0 Å². The average molecular weight is 319 g/mol. The zero-order valence-corrected chi connectivity index (χ0v) is 13.8. The predicted octanol–water partition coefficient (Wildman–Crippen LogP) is 0.960. The number of nitrogens with zero attached hydrogens (tertiary/aromatic N) is 2. The largest absolute Gasteiger partial charge is 0.480 e. The SMILES string of the molecule is CC(C)N(CC(=O)O)CC(=O)NCCN1CCc2ccccc21. The number of benzene rings is 1. The van der Waals surface area contributed by atoms with E-state index in [1.54, 1.807) is 4.90 Å². The monoisotopic (exact) mass is 319 g/mol. The van der Waals surface area contributed by atoms with E-state index in [-0.39, 0.29) is 25.0 Å². The molecule has 0 radical (unpaired) electrons. The van der Waals surface area contributed by atoms with E-state index >= 15 is 0 Å². The number of para-hydroxylation sites is 1. The first-order chi connectivity index (χ1) is 11.0. The van der Waals surface area contributed by atoms with Crippen molar-refractivity contribution in [1.29, 1.82) is 0 Å². The minimum absolute atomic E-state index is 0.0160. The maximum atomic E-state index is 12.0. The van der Waals surface area contributed by atoms with Crippen LogP contribution >= 0.6 is 0 Å². The van der Waals surface area contributed by atoms with Gasteiger partial charge in [-0.1, -0.05) is 18.2 Å². The second kappa shape index (κ2) is 7.97. The molecule has 2 N–H and O–H groups in total. The van der Waals surface area contributed by atoms with Crippen LogP contribution in [0.5, 0.6) is 0 Å². The third-order valence-corrected chi connectivity index (χ3v) is 4.10. The maximum Gasteiger partial charge on any atom is 0.317 e. The molecule has 0 spiro atoms. The fraction of sp³-hybridized carbons (Fsp3) is 0.529. The minimum Gasteiger partial charge on any atom is -0.480 e. The fourth-order valence-corrected chi connectivity index (χ4v) is 2.80. The summed E-state index contributed by atoms with van der Waals surface area (Å²) in [5.74, 6) is -1.05. The van der Waals surface area contributed by atoms with Crippen LogP contribution < -0.4 is 10.2 Å². The zero-order chi connectivity index (χ0) is 16.8. The van der Waals surface area contributed by atoms with Gasteiger partial charge in [-0.15, -0.1) is 0 Å². The van der Waals surface area contributed by atoms with E-state index in [2.05, 4.69) is 22.3 Å². The standard InChI is InChI=1S/C17H25N3O3/c1-13(2)20(12-17(22)23)11-16(21)18-8-10-19-9-7-14-5-3-4-6-15(14)19/h3-6,13H,7-12H2,1-2H3,(H,18,21)(H,22,23). The molecule has 1 heterocycles. The number of carboxylic acids is 1. The first kappa shape index (κ1) is 17.3. The second-order valence-corrected chi connectivity index (χ2v) is 6.11. The molecular weight excluding hydrogens is 294 g/mol. The molecule has 0 fully saturated rings. The Kier molecular flexibility index (Phi) is 5.98. The van der Waals surface area contributed by atoms with Crippen molar-refractivity contribution in [3.63, 3.8) is 0 Å². The molecule has 6 nitrogen and oxygen atoms in total. The van der Waals surface area contributed by atoms with Crippen LogP contribution in [-0.2, 0) is 16.0 Å². The van der Waals surface area contributed by atoms with Gasteiger partial charge in [-0.05, 0) is 31.9 Å². The Labute approximate surface area is 137 Å². The lowest BCUT2D eigenvalue weighted by Gasteiger charge is -2.24. The Morgan fingerprint density at radius 2 is 2.04 bits per heavy atom. The van der Waals surface area contributed by atoms with Gasteiger partial charge in [0.15, 0.2) is 0 Å². The number of fused-ring (bicyclic) bond motifs is 1. The topological polar surface area (TPSA) is 72.9 Å². The normalized spacial score (nSPS) is 13.5. The number of anilines is 1. The van der Waals surface area contributed by atoms with Crippen LogP contribution in [-0.4, -0.2) is 60.6 Å². The molecule has 1 amide bonds. The summed E-state index contributed by atoms with van der Waals surface area (Å²) in [6, 6.07) is 8.34. The zero-order valence-electron chi connectivity index (χ0n) is 13.8. The molecule has 1 aliphatic heterocycles. The Bertz CT molecular complexity index is 560. The summed E-state index contributed by atoms with van der Waals surface area (Å²) >= 11 is 0. The Morgan fingerprint density at radius 3 is 2.74 bits per heavy atom. The Morgan fingerprint density at radius 1 is 1.30 bits per heavy atom. The summed E-state index contributed by atoms with van der Waals surface area (Å²) in [7, 11) is 0. The van der Waals surface area contributed by atoms with Crippen LogP contribution in [0.3, 0.4) is 0 Å². The van der Waals surface area contributed by atoms with Gasteiger partial charge in [0.25, 0.3) is 0 Å². The van der Waals surface area contributed by atoms with Gasteiger partial charge in [0.05, 0.1) is 13.1 Å². The van der Waals surface area contributed by atoms with Crippen molar-refractivity contribution < 1.29 is 14.7 Å². The molecular formula is C17H25N3O3. The lowest BCUT2D eigenvalue weighted by Crippen LogP contribution is -2.44. The molecule has 1 aromatic rings. The first-order valence-electron chi connectivity index (χ1n) is 8.02. The van der Waals surface area contributed by atoms with E-state index in [0.29, 0.717) is 6.54 Å². The summed E-state index contributed by atoms with van der Waals surface area (Å²) in [5.41, 5.74) is 2.60. The molecule has 1 aromatic carbocycles. The summed E-state index contributed by atoms with van der Waals surface area (Å²) in [6.45, 7) is 6.07. The van der Waals surface area contributed by atoms with Crippen molar-refractivity contribution in [3.05, 3.63) is 29.8 Å². The number of carboxylic acid groups (broad SMARTS) is 1. The number of hydrogen-bond donors (Lipinski definition) is 2. The highest BCUT2D eigenvalue weighted by Crippen LogP contribution is 2.26. The third kappa shape index (κ3) is 4.96. The second-order valence-electron chi connectivity index (χ2n) is 6.11. The van der Waals surface area contributed by atoms with Gasteiger partial charge in [0, 0.05) is 31.4 Å². The van der Waals surface area contributed by atoms with Gasteiger partial charge in [-0.3, -0.25) is 14.5 Å². The van der Waals surface area contributed by atoms with Crippen molar-refractivity contribution >= 4 is 17.6 Å². The van der Waals surface area contributed by atoms with Crippen molar-refractivity contribution in [2.45, 2.75) is 26.3 Å². The van der Waals surface area contributed by atoms with Gasteiger partial charge >= 0.3 is 5.97 Å². The average Bonchev–Trinajstić information content (AvgIpc) is 2.89. The van der Waals surface area contributed by atoms with Crippen molar-refractivity contribution in [1.82, 2.24) is 10.2 Å². The third-order valence-electron chi connectivity index (χ3n) is 4.10. The van der Waals surface area contributed by atoms with Crippen LogP contribution in [0, 0.1) is 0 Å².